The summed E-state index contributed by atoms with van der Waals surface area (Å²) in [5.41, 5.74) is 0.507. The number of morpholine rings is 1. The molecule has 2 saturated heterocycles. The smallest absolute Gasteiger partial charge is 0.222 e. The van der Waals surface area contributed by atoms with Crippen LogP contribution >= 0.6 is 0 Å². The van der Waals surface area contributed by atoms with Gasteiger partial charge in [0.25, 0.3) is 0 Å². The van der Waals surface area contributed by atoms with E-state index in [1.165, 1.54) is 24.3 Å². The number of hydrogen-bond acceptors (Lipinski definition) is 4. The number of piperidine rings is 1. The van der Waals surface area contributed by atoms with Crippen LogP contribution in [0.1, 0.15) is 42.5 Å². The summed E-state index contributed by atoms with van der Waals surface area (Å²) < 4.78 is 18.3. The number of carbonyl (C=O) groups excluding carboxylic acids is 2. The van der Waals surface area contributed by atoms with Crippen LogP contribution in [0.25, 0.3) is 0 Å². The predicted octanol–water partition coefficient (Wildman–Crippen LogP) is 2.75. The first-order valence-corrected chi connectivity index (χ1v) is 9.98. The highest BCUT2D eigenvalue weighted by atomic mass is 19.1. The van der Waals surface area contributed by atoms with Gasteiger partial charge in [-0.15, -0.1) is 0 Å². The monoisotopic (exact) mass is 376 g/mol. The number of ketones is 1. The fourth-order valence-corrected chi connectivity index (χ4v) is 3.85. The van der Waals surface area contributed by atoms with Gasteiger partial charge in [0.15, 0.2) is 5.78 Å². The molecule has 0 radical (unpaired) electrons. The number of carbonyl (C=O) groups is 2. The second-order valence-corrected chi connectivity index (χ2v) is 7.52. The third-order valence-corrected chi connectivity index (χ3v) is 5.55. The zero-order chi connectivity index (χ0) is 19.1. The van der Waals surface area contributed by atoms with Gasteiger partial charge in [0, 0.05) is 51.1 Å². The molecule has 0 saturated carbocycles. The number of hydrogen-bond donors (Lipinski definition) is 0. The van der Waals surface area contributed by atoms with Crippen molar-refractivity contribution in [2.24, 2.45) is 5.92 Å². The van der Waals surface area contributed by atoms with Gasteiger partial charge < -0.3 is 9.64 Å². The van der Waals surface area contributed by atoms with Crippen molar-refractivity contribution < 1.29 is 18.7 Å². The van der Waals surface area contributed by atoms with Gasteiger partial charge in [0.05, 0.1) is 13.2 Å². The van der Waals surface area contributed by atoms with Crippen molar-refractivity contribution in [2.75, 3.05) is 45.9 Å². The summed E-state index contributed by atoms with van der Waals surface area (Å²) in [6.45, 7) is 6.43. The van der Waals surface area contributed by atoms with Gasteiger partial charge in [-0.1, -0.05) is 0 Å². The number of rotatable bonds is 7. The molecule has 0 spiro atoms. The third-order valence-electron chi connectivity index (χ3n) is 5.55. The van der Waals surface area contributed by atoms with E-state index in [4.69, 9.17) is 4.74 Å². The Hall–Kier alpha value is -1.79. The zero-order valence-corrected chi connectivity index (χ0v) is 15.9. The van der Waals surface area contributed by atoms with E-state index in [9.17, 15) is 14.0 Å². The van der Waals surface area contributed by atoms with Crippen LogP contribution in [0.5, 0.6) is 0 Å². The standard InChI is InChI=1S/C21H29FN2O3/c22-19-6-4-18(5-7-19)20(25)2-1-3-21(26)24-10-8-17(9-11-24)16-23-12-14-27-15-13-23/h4-7,17H,1-3,8-16H2. The average Bonchev–Trinajstić information content (AvgIpc) is 2.69. The van der Waals surface area contributed by atoms with Crippen LogP contribution in [0.4, 0.5) is 4.39 Å². The first kappa shape index (κ1) is 20.0. The molecule has 3 rings (SSSR count). The van der Waals surface area contributed by atoms with E-state index in [-0.39, 0.29) is 17.5 Å². The van der Waals surface area contributed by atoms with Gasteiger partial charge in [0.1, 0.15) is 5.82 Å². The molecule has 1 amide bonds. The lowest BCUT2D eigenvalue weighted by molar-refractivity contribution is -0.132. The Morgan fingerprint density at radius 2 is 1.67 bits per heavy atom. The summed E-state index contributed by atoms with van der Waals surface area (Å²) in [5.74, 6) is 0.421. The fraction of sp³-hybridized carbons (Fsp3) is 0.619. The minimum atomic E-state index is -0.348. The molecule has 0 N–H and O–H groups in total. The van der Waals surface area contributed by atoms with Gasteiger partial charge in [-0.25, -0.2) is 4.39 Å². The van der Waals surface area contributed by atoms with Gasteiger partial charge >= 0.3 is 0 Å². The minimum Gasteiger partial charge on any atom is -0.379 e. The summed E-state index contributed by atoms with van der Waals surface area (Å²) in [6.07, 6.45) is 3.38. The second-order valence-electron chi connectivity index (χ2n) is 7.52. The van der Waals surface area contributed by atoms with Gasteiger partial charge in [-0.3, -0.25) is 14.5 Å². The Morgan fingerprint density at radius 3 is 2.33 bits per heavy atom. The molecule has 2 aliphatic heterocycles. The van der Waals surface area contributed by atoms with Gasteiger partial charge in [-0.2, -0.15) is 0 Å². The molecule has 5 nitrogen and oxygen atoms in total. The maximum atomic E-state index is 12.9. The van der Waals surface area contributed by atoms with Gasteiger partial charge in [0.2, 0.25) is 5.91 Å². The van der Waals surface area contributed by atoms with Crippen LogP contribution in [0.2, 0.25) is 0 Å². The number of nitrogens with zero attached hydrogens (tertiary/aromatic N) is 2. The quantitative estimate of drug-likeness (QED) is 0.687. The SMILES string of the molecule is O=C(CCCC(=O)N1CCC(CN2CCOCC2)CC1)c1ccc(F)cc1. The van der Waals surface area contributed by atoms with Crippen LogP contribution in [-0.4, -0.2) is 67.4 Å². The number of halogens is 1. The summed E-state index contributed by atoms with van der Waals surface area (Å²) in [5, 5.41) is 0. The van der Waals surface area contributed by atoms with E-state index in [1.807, 2.05) is 4.90 Å². The Kier molecular flexibility index (Phi) is 7.35. The Balaban J connectivity index is 1.33. The van der Waals surface area contributed by atoms with Crippen LogP contribution < -0.4 is 0 Å². The van der Waals surface area contributed by atoms with E-state index in [0.29, 0.717) is 30.7 Å². The normalized spacial score (nSPS) is 19.2. The van der Waals surface area contributed by atoms with Crippen molar-refractivity contribution in [1.82, 2.24) is 9.80 Å². The number of benzene rings is 1. The molecule has 0 aromatic heterocycles. The molecule has 1 aromatic carbocycles. The van der Waals surface area contributed by atoms with Crippen molar-refractivity contribution in [2.45, 2.75) is 32.1 Å². The Bertz CT molecular complexity index is 621. The highest BCUT2D eigenvalue weighted by Gasteiger charge is 2.24. The number of ether oxygens (including phenoxy) is 1. The van der Waals surface area contributed by atoms with Crippen LogP contribution in [0.15, 0.2) is 24.3 Å². The van der Waals surface area contributed by atoms with E-state index >= 15 is 0 Å². The molecule has 0 unspecified atom stereocenters. The molecular formula is C21H29FN2O3. The lowest BCUT2D eigenvalue weighted by Gasteiger charge is -2.36. The molecule has 2 aliphatic rings. The number of amides is 1. The highest BCUT2D eigenvalue weighted by Crippen LogP contribution is 2.20. The molecule has 0 aliphatic carbocycles. The molecule has 2 fully saturated rings. The van der Waals surface area contributed by atoms with Crippen LogP contribution in [0, 0.1) is 11.7 Å². The van der Waals surface area contributed by atoms with E-state index in [2.05, 4.69) is 4.90 Å². The molecule has 6 heteroatoms. The molecule has 1 aromatic rings. The molecule has 0 bridgehead atoms. The molecule has 2 heterocycles. The van der Waals surface area contributed by atoms with Crippen LogP contribution in [0.3, 0.4) is 0 Å². The van der Waals surface area contributed by atoms with Crippen molar-refractivity contribution in [3.8, 4) is 0 Å². The second kappa shape index (κ2) is 9.95. The summed E-state index contributed by atoms with van der Waals surface area (Å²) in [4.78, 5) is 28.9. The summed E-state index contributed by atoms with van der Waals surface area (Å²) in [6, 6.07) is 5.58. The molecule has 0 atom stereocenters. The summed E-state index contributed by atoms with van der Waals surface area (Å²) >= 11 is 0. The molecular weight excluding hydrogens is 347 g/mol. The lowest BCUT2D eigenvalue weighted by atomic mass is 9.95. The van der Waals surface area contributed by atoms with Crippen molar-refractivity contribution in [1.29, 1.82) is 0 Å². The maximum Gasteiger partial charge on any atom is 0.222 e. The maximum absolute atomic E-state index is 12.9. The van der Waals surface area contributed by atoms with Gasteiger partial charge in [-0.05, 0) is 49.4 Å². The van der Waals surface area contributed by atoms with Crippen LogP contribution in [-0.2, 0) is 9.53 Å². The minimum absolute atomic E-state index is 0.0352. The van der Waals surface area contributed by atoms with E-state index in [0.717, 1.165) is 58.8 Å². The number of likely N-dealkylation sites (tertiary alicyclic amines) is 1. The first-order chi connectivity index (χ1) is 13.1. The largest absolute Gasteiger partial charge is 0.379 e. The molecule has 27 heavy (non-hydrogen) atoms. The Morgan fingerprint density at radius 1 is 1.00 bits per heavy atom. The average molecular weight is 376 g/mol. The Labute approximate surface area is 160 Å². The molecule has 148 valence electrons. The number of Topliss-reactive ketones (excluding diaryl/α,β-unsaturated/α-hetero) is 1. The fourth-order valence-electron chi connectivity index (χ4n) is 3.85. The lowest BCUT2D eigenvalue weighted by Crippen LogP contribution is -2.44. The topological polar surface area (TPSA) is 49.9 Å². The zero-order valence-electron chi connectivity index (χ0n) is 15.9. The van der Waals surface area contributed by atoms with E-state index < -0.39 is 0 Å². The highest BCUT2D eigenvalue weighted by molar-refractivity contribution is 5.96. The van der Waals surface area contributed by atoms with E-state index in [1.54, 1.807) is 0 Å². The van der Waals surface area contributed by atoms with Crippen molar-refractivity contribution in [3.63, 3.8) is 0 Å². The van der Waals surface area contributed by atoms with Crippen molar-refractivity contribution >= 4 is 11.7 Å². The first-order valence-electron chi connectivity index (χ1n) is 9.98. The van der Waals surface area contributed by atoms with Crippen molar-refractivity contribution in [3.05, 3.63) is 35.6 Å². The summed E-state index contributed by atoms with van der Waals surface area (Å²) in [7, 11) is 0. The third kappa shape index (κ3) is 6.11. The predicted molar refractivity (Wildman–Crippen MR) is 101 cm³/mol.